The summed E-state index contributed by atoms with van der Waals surface area (Å²) in [4.78, 5) is 11.5. The van der Waals surface area contributed by atoms with Gasteiger partial charge in [0.1, 0.15) is 4.90 Å². The number of halogens is 1. The summed E-state index contributed by atoms with van der Waals surface area (Å²) in [6.45, 7) is 0.317. The molecule has 1 heterocycles. The van der Waals surface area contributed by atoms with Crippen LogP contribution in [0.1, 0.15) is 23.2 Å². The lowest BCUT2D eigenvalue weighted by atomic mass is 10.1. The third-order valence-electron chi connectivity index (χ3n) is 4.43. The Hall–Kier alpha value is -1.20. The predicted octanol–water partition coefficient (Wildman–Crippen LogP) is 1.17. The molecule has 1 aliphatic rings. The Balaban J connectivity index is 2.24. The van der Waals surface area contributed by atoms with Gasteiger partial charge in [0.25, 0.3) is 0 Å². The fraction of sp³-hybridized carbons (Fsp3) is 0.533. The van der Waals surface area contributed by atoms with Crippen LogP contribution in [0.3, 0.4) is 0 Å². The van der Waals surface area contributed by atoms with Crippen molar-refractivity contribution >= 4 is 37.6 Å². The molecule has 0 radical (unpaired) electrons. The Morgan fingerprint density at radius 3 is 2.31 bits per heavy atom. The minimum Gasteiger partial charge on any atom is -0.465 e. The SMILES string of the molecule is COC(=O)c1ccc(Cl)c(S(=O)(=O)N2CCC(N(C)S(C)(=O)=O)CC2)c1. The largest absolute Gasteiger partial charge is 0.465 e. The van der Waals surface area contributed by atoms with Crippen molar-refractivity contribution in [2.45, 2.75) is 23.8 Å². The van der Waals surface area contributed by atoms with Crippen LogP contribution in [0, 0.1) is 0 Å². The minimum absolute atomic E-state index is 0.00744. The first-order chi connectivity index (χ1) is 12.0. The van der Waals surface area contributed by atoms with Gasteiger partial charge >= 0.3 is 5.97 Å². The molecule has 8 nitrogen and oxygen atoms in total. The normalized spacial score (nSPS) is 17.4. The first-order valence-electron chi connectivity index (χ1n) is 7.79. The second-order valence-electron chi connectivity index (χ2n) is 6.05. The van der Waals surface area contributed by atoms with Gasteiger partial charge in [-0.3, -0.25) is 0 Å². The Morgan fingerprint density at radius 2 is 1.81 bits per heavy atom. The average Bonchev–Trinajstić information content (AvgIpc) is 2.60. The van der Waals surface area contributed by atoms with Crippen molar-refractivity contribution in [3.05, 3.63) is 28.8 Å². The van der Waals surface area contributed by atoms with Crippen LogP contribution in [-0.4, -0.2) is 71.0 Å². The van der Waals surface area contributed by atoms with Gasteiger partial charge in [0.2, 0.25) is 20.0 Å². The minimum atomic E-state index is -3.92. The van der Waals surface area contributed by atoms with E-state index in [0.717, 1.165) is 6.26 Å². The van der Waals surface area contributed by atoms with Crippen LogP contribution in [-0.2, 0) is 24.8 Å². The number of hydrogen-bond donors (Lipinski definition) is 0. The van der Waals surface area contributed by atoms with Crippen molar-refractivity contribution in [2.75, 3.05) is 33.5 Å². The van der Waals surface area contributed by atoms with E-state index in [2.05, 4.69) is 4.74 Å². The number of carbonyl (C=O) groups excluding carboxylic acids is 1. The highest BCUT2D eigenvalue weighted by molar-refractivity contribution is 7.89. The molecule has 0 aromatic heterocycles. The van der Waals surface area contributed by atoms with E-state index in [-0.39, 0.29) is 34.6 Å². The number of piperidine rings is 1. The zero-order valence-corrected chi connectivity index (χ0v) is 17.1. The van der Waals surface area contributed by atoms with E-state index in [1.165, 1.54) is 41.0 Å². The summed E-state index contributed by atoms with van der Waals surface area (Å²) < 4.78 is 56.2. The van der Waals surface area contributed by atoms with Crippen molar-refractivity contribution in [2.24, 2.45) is 0 Å². The number of sulfonamides is 2. The van der Waals surface area contributed by atoms with Crippen LogP contribution in [0.4, 0.5) is 0 Å². The fourth-order valence-corrected chi connectivity index (χ4v) is 5.52. The molecule has 146 valence electrons. The summed E-state index contributed by atoms with van der Waals surface area (Å²) >= 11 is 6.04. The predicted molar refractivity (Wildman–Crippen MR) is 97.2 cm³/mol. The molecule has 1 aliphatic heterocycles. The lowest BCUT2D eigenvalue weighted by Gasteiger charge is -2.35. The van der Waals surface area contributed by atoms with E-state index < -0.39 is 26.0 Å². The molecule has 0 amide bonds. The molecule has 0 aliphatic carbocycles. The summed E-state index contributed by atoms with van der Waals surface area (Å²) in [5.74, 6) is -0.661. The van der Waals surface area contributed by atoms with Gasteiger partial charge in [-0.2, -0.15) is 4.31 Å². The Morgan fingerprint density at radius 1 is 1.23 bits per heavy atom. The standard InChI is InChI=1S/C15H21ClN2O6S2/c1-17(25(3,20)21)12-6-8-18(9-7-12)26(22,23)14-10-11(15(19)24-2)4-5-13(14)16/h4-5,10,12H,6-9H2,1-3H3. The summed E-state index contributed by atoms with van der Waals surface area (Å²) in [5.41, 5.74) is 0.0853. The molecule has 0 bridgehead atoms. The quantitative estimate of drug-likeness (QED) is 0.657. The molecule has 0 unspecified atom stereocenters. The van der Waals surface area contributed by atoms with E-state index in [1.54, 1.807) is 0 Å². The van der Waals surface area contributed by atoms with Gasteiger partial charge in [0.05, 0.1) is 24.0 Å². The highest BCUT2D eigenvalue weighted by Crippen LogP contribution is 2.29. The number of carbonyl (C=O) groups is 1. The van der Waals surface area contributed by atoms with Crippen LogP contribution in [0.5, 0.6) is 0 Å². The van der Waals surface area contributed by atoms with Crippen LogP contribution in [0.2, 0.25) is 5.02 Å². The number of esters is 1. The number of rotatable bonds is 5. The maximum atomic E-state index is 12.9. The molecule has 11 heteroatoms. The summed E-state index contributed by atoms with van der Waals surface area (Å²) in [5, 5.41) is 0.00744. The molecular weight excluding hydrogens is 404 g/mol. The van der Waals surface area contributed by atoms with Crippen LogP contribution in [0.15, 0.2) is 23.1 Å². The van der Waals surface area contributed by atoms with Crippen molar-refractivity contribution < 1.29 is 26.4 Å². The molecule has 0 atom stereocenters. The lowest BCUT2D eigenvalue weighted by Crippen LogP contribution is -2.47. The molecular formula is C15H21ClN2O6S2. The Labute approximate surface area is 158 Å². The van der Waals surface area contributed by atoms with E-state index >= 15 is 0 Å². The second kappa shape index (κ2) is 7.81. The van der Waals surface area contributed by atoms with Crippen LogP contribution in [0.25, 0.3) is 0 Å². The smallest absolute Gasteiger partial charge is 0.337 e. The maximum Gasteiger partial charge on any atom is 0.337 e. The molecule has 1 aromatic rings. The van der Waals surface area contributed by atoms with Crippen molar-refractivity contribution in [1.82, 2.24) is 8.61 Å². The van der Waals surface area contributed by atoms with Gasteiger partial charge in [-0.25, -0.2) is 25.9 Å². The monoisotopic (exact) mass is 424 g/mol. The van der Waals surface area contributed by atoms with Crippen LogP contribution < -0.4 is 0 Å². The third-order valence-corrected chi connectivity index (χ3v) is 8.16. The van der Waals surface area contributed by atoms with Gasteiger partial charge in [0, 0.05) is 26.2 Å². The van der Waals surface area contributed by atoms with Gasteiger partial charge in [0.15, 0.2) is 0 Å². The number of hydrogen-bond acceptors (Lipinski definition) is 6. The molecule has 26 heavy (non-hydrogen) atoms. The first-order valence-corrected chi connectivity index (χ1v) is 11.5. The van der Waals surface area contributed by atoms with Crippen molar-refractivity contribution in [3.63, 3.8) is 0 Å². The summed E-state index contributed by atoms with van der Waals surface area (Å²) in [6, 6.07) is 3.66. The molecule has 1 aromatic carbocycles. The Kier molecular flexibility index (Phi) is 6.34. The average molecular weight is 425 g/mol. The molecule has 1 fully saturated rings. The fourth-order valence-electron chi connectivity index (χ4n) is 2.80. The van der Waals surface area contributed by atoms with Crippen LogP contribution >= 0.6 is 11.6 Å². The van der Waals surface area contributed by atoms with Gasteiger partial charge < -0.3 is 4.74 Å². The van der Waals surface area contributed by atoms with E-state index in [4.69, 9.17) is 11.6 Å². The molecule has 2 rings (SSSR count). The number of benzene rings is 1. The zero-order chi connectivity index (χ0) is 19.7. The molecule has 0 N–H and O–H groups in total. The van der Waals surface area contributed by atoms with Crippen molar-refractivity contribution in [1.29, 1.82) is 0 Å². The topological polar surface area (TPSA) is 101 Å². The van der Waals surface area contributed by atoms with Gasteiger partial charge in [-0.05, 0) is 31.0 Å². The van der Waals surface area contributed by atoms with E-state index in [1.807, 2.05) is 0 Å². The first kappa shape index (κ1) is 21.1. The highest BCUT2D eigenvalue weighted by atomic mass is 35.5. The second-order valence-corrected chi connectivity index (χ2v) is 10.4. The molecule has 1 saturated heterocycles. The zero-order valence-electron chi connectivity index (χ0n) is 14.7. The van der Waals surface area contributed by atoms with Crippen molar-refractivity contribution in [3.8, 4) is 0 Å². The van der Waals surface area contributed by atoms with E-state index in [0.29, 0.717) is 12.8 Å². The molecule has 0 saturated carbocycles. The van der Waals surface area contributed by atoms with Gasteiger partial charge in [-0.15, -0.1) is 0 Å². The lowest BCUT2D eigenvalue weighted by molar-refractivity contribution is 0.0600. The number of ether oxygens (including phenoxy) is 1. The highest BCUT2D eigenvalue weighted by Gasteiger charge is 2.34. The number of nitrogens with zero attached hydrogens (tertiary/aromatic N) is 2. The maximum absolute atomic E-state index is 12.9. The van der Waals surface area contributed by atoms with E-state index in [9.17, 15) is 21.6 Å². The summed E-state index contributed by atoms with van der Waals surface area (Å²) in [6.07, 6.45) is 1.86. The molecule has 0 spiro atoms. The number of methoxy groups -OCH3 is 1. The Bertz CT molecular complexity index is 893. The third kappa shape index (κ3) is 4.37. The van der Waals surface area contributed by atoms with Gasteiger partial charge in [-0.1, -0.05) is 11.6 Å². The summed E-state index contributed by atoms with van der Waals surface area (Å²) in [7, 11) is -4.57.